The molecule has 1 rings (SSSR count). The van der Waals surface area contributed by atoms with Crippen molar-refractivity contribution in [2.45, 2.75) is 13.3 Å². The Morgan fingerprint density at radius 3 is 2.50 bits per heavy atom. The molecule has 0 saturated heterocycles. The predicted octanol–water partition coefficient (Wildman–Crippen LogP) is 1.77. The summed E-state index contributed by atoms with van der Waals surface area (Å²) in [7, 11) is 4.79. The average molecular weight is 252 g/mol. The number of carbonyl (C=O) groups excluding carboxylic acids is 1. The molecular formula is C13H20N2O3. The zero-order chi connectivity index (χ0) is 13.7. The summed E-state index contributed by atoms with van der Waals surface area (Å²) < 4.78 is 10.3. The second kappa shape index (κ2) is 6.14. The fourth-order valence-corrected chi connectivity index (χ4v) is 1.71. The van der Waals surface area contributed by atoms with E-state index in [1.165, 1.54) is 14.2 Å². The van der Waals surface area contributed by atoms with E-state index in [2.05, 4.69) is 0 Å². The van der Waals surface area contributed by atoms with Crippen LogP contribution < -0.4 is 15.2 Å². The lowest BCUT2D eigenvalue weighted by molar-refractivity contribution is 0.0795. The molecule has 0 unspecified atom stereocenters. The van der Waals surface area contributed by atoms with Crippen molar-refractivity contribution < 1.29 is 14.3 Å². The smallest absolute Gasteiger partial charge is 0.255 e. The number of rotatable bonds is 5. The summed E-state index contributed by atoms with van der Waals surface area (Å²) in [6.45, 7) is 2.69. The lowest BCUT2D eigenvalue weighted by Gasteiger charge is -2.19. The van der Waals surface area contributed by atoms with Gasteiger partial charge in [-0.05, 0) is 12.5 Å². The van der Waals surface area contributed by atoms with E-state index >= 15 is 0 Å². The molecule has 1 aromatic carbocycles. The van der Waals surface area contributed by atoms with Crippen molar-refractivity contribution in [1.29, 1.82) is 0 Å². The molecule has 0 aromatic heterocycles. The SMILES string of the molecule is CCCN(C)C(=O)c1cc(OC)cc(OC)c1N. The van der Waals surface area contributed by atoms with Crippen molar-refractivity contribution >= 4 is 11.6 Å². The Morgan fingerprint density at radius 1 is 1.33 bits per heavy atom. The molecule has 0 atom stereocenters. The zero-order valence-corrected chi connectivity index (χ0v) is 11.3. The number of nitrogen functional groups attached to an aromatic ring is 1. The summed E-state index contributed by atoms with van der Waals surface area (Å²) in [4.78, 5) is 13.9. The minimum atomic E-state index is -0.133. The van der Waals surface area contributed by atoms with Gasteiger partial charge in [0.2, 0.25) is 0 Å². The van der Waals surface area contributed by atoms with Crippen LogP contribution in [0.1, 0.15) is 23.7 Å². The largest absolute Gasteiger partial charge is 0.497 e. The second-order valence-corrected chi connectivity index (χ2v) is 4.02. The molecule has 0 saturated carbocycles. The molecule has 100 valence electrons. The van der Waals surface area contributed by atoms with Gasteiger partial charge in [0.25, 0.3) is 5.91 Å². The van der Waals surface area contributed by atoms with Crippen LogP contribution in [0.2, 0.25) is 0 Å². The third-order valence-electron chi connectivity index (χ3n) is 2.71. The third-order valence-corrected chi connectivity index (χ3v) is 2.71. The van der Waals surface area contributed by atoms with Crippen LogP contribution in [0.25, 0.3) is 0 Å². The van der Waals surface area contributed by atoms with Gasteiger partial charge >= 0.3 is 0 Å². The van der Waals surface area contributed by atoms with Gasteiger partial charge in [-0.1, -0.05) is 6.92 Å². The quantitative estimate of drug-likeness (QED) is 0.811. The maximum Gasteiger partial charge on any atom is 0.255 e. The van der Waals surface area contributed by atoms with Crippen molar-refractivity contribution in [2.75, 3.05) is 33.5 Å². The number of nitrogens with two attached hydrogens (primary N) is 1. The molecule has 0 bridgehead atoms. The molecule has 5 nitrogen and oxygen atoms in total. The first-order valence-electron chi connectivity index (χ1n) is 5.82. The number of amides is 1. The molecule has 1 amide bonds. The molecule has 18 heavy (non-hydrogen) atoms. The molecule has 0 aliphatic rings. The normalized spacial score (nSPS) is 10.0. The molecule has 5 heteroatoms. The van der Waals surface area contributed by atoms with Gasteiger partial charge in [0, 0.05) is 19.7 Å². The Labute approximate surface area is 107 Å². The maximum atomic E-state index is 12.2. The topological polar surface area (TPSA) is 64.8 Å². The van der Waals surface area contributed by atoms with E-state index in [0.29, 0.717) is 29.3 Å². The van der Waals surface area contributed by atoms with Gasteiger partial charge in [0.05, 0.1) is 25.5 Å². The van der Waals surface area contributed by atoms with Crippen LogP contribution >= 0.6 is 0 Å². The van der Waals surface area contributed by atoms with Gasteiger partial charge in [-0.2, -0.15) is 0 Å². The summed E-state index contributed by atoms with van der Waals surface area (Å²) in [5, 5.41) is 0. The lowest BCUT2D eigenvalue weighted by Crippen LogP contribution is -2.28. The van der Waals surface area contributed by atoms with Crippen LogP contribution in [0.15, 0.2) is 12.1 Å². The van der Waals surface area contributed by atoms with Crippen molar-refractivity contribution in [3.8, 4) is 11.5 Å². The molecule has 0 aliphatic heterocycles. The Kier molecular flexibility index (Phi) is 4.83. The number of nitrogens with zero attached hydrogens (tertiary/aromatic N) is 1. The average Bonchev–Trinajstić information content (AvgIpc) is 2.38. The summed E-state index contributed by atoms with van der Waals surface area (Å²) >= 11 is 0. The highest BCUT2D eigenvalue weighted by atomic mass is 16.5. The van der Waals surface area contributed by atoms with Gasteiger partial charge in [0.15, 0.2) is 0 Å². The fraction of sp³-hybridized carbons (Fsp3) is 0.462. The zero-order valence-electron chi connectivity index (χ0n) is 11.3. The second-order valence-electron chi connectivity index (χ2n) is 4.02. The number of hydrogen-bond donors (Lipinski definition) is 1. The molecule has 0 fully saturated rings. The first-order valence-corrected chi connectivity index (χ1v) is 5.82. The highest BCUT2D eigenvalue weighted by Gasteiger charge is 2.18. The molecule has 0 radical (unpaired) electrons. The molecule has 2 N–H and O–H groups in total. The van der Waals surface area contributed by atoms with Crippen LogP contribution in [0, 0.1) is 0 Å². The van der Waals surface area contributed by atoms with Crippen LogP contribution in [-0.2, 0) is 0 Å². The third kappa shape index (κ3) is 2.85. The summed E-state index contributed by atoms with van der Waals surface area (Å²) in [6.07, 6.45) is 0.892. The first kappa shape index (κ1) is 14.2. The van der Waals surface area contributed by atoms with E-state index in [1.807, 2.05) is 6.92 Å². The van der Waals surface area contributed by atoms with Crippen molar-refractivity contribution in [2.24, 2.45) is 0 Å². The van der Waals surface area contributed by atoms with Crippen molar-refractivity contribution in [1.82, 2.24) is 4.90 Å². The summed E-state index contributed by atoms with van der Waals surface area (Å²) in [5.74, 6) is 0.864. The van der Waals surface area contributed by atoms with Gasteiger partial charge in [-0.25, -0.2) is 0 Å². The summed E-state index contributed by atoms with van der Waals surface area (Å²) in [5.41, 5.74) is 6.67. The minimum absolute atomic E-state index is 0.133. The lowest BCUT2D eigenvalue weighted by atomic mass is 10.1. The van der Waals surface area contributed by atoms with E-state index in [1.54, 1.807) is 24.1 Å². The number of carbonyl (C=O) groups is 1. The first-order chi connectivity index (χ1) is 8.54. The fourth-order valence-electron chi connectivity index (χ4n) is 1.71. The molecule has 0 spiro atoms. The van der Waals surface area contributed by atoms with Crippen molar-refractivity contribution in [3.05, 3.63) is 17.7 Å². The number of methoxy groups -OCH3 is 2. The Morgan fingerprint density at radius 2 is 2.00 bits per heavy atom. The van der Waals surface area contributed by atoms with E-state index in [0.717, 1.165) is 6.42 Å². The summed E-state index contributed by atoms with van der Waals surface area (Å²) in [6, 6.07) is 3.29. The molecule has 0 aliphatic carbocycles. The number of hydrogen-bond acceptors (Lipinski definition) is 4. The van der Waals surface area contributed by atoms with E-state index in [9.17, 15) is 4.79 Å². The van der Waals surface area contributed by atoms with Gasteiger partial charge in [-0.3, -0.25) is 4.79 Å². The standard InChI is InChI=1S/C13H20N2O3/c1-5-6-15(2)13(16)10-7-9(17-3)8-11(18-4)12(10)14/h7-8H,5-6,14H2,1-4H3. The van der Waals surface area contributed by atoms with E-state index < -0.39 is 0 Å². The monoisotopic (exact) mass is 252 g/mol. The highest BCUT2D eigenvalue weighted by molar-refractivity contribution is 6.00. The highest BCUT2D eigenvalue weighted by Crippen LogP contribution is 2.31. The van der Waals surface area contributed by atoms with E-state index in [-0.39, 0.29) is 5.91 Å². The van der Waals surface area contributed by atoms with Gasteiger partial charge in [0.1, 0.15) is 11.5 Å². The number of benzene rings is 1. The van der Waals surface area contributed by atoms with Gasteiger partial charge in [-0.15, -0.1) is 0 Å². The van der Waals surface area contributed by atoms with Crippen LogP contribution in [0.3, 0.4) is 0 Å². The Hall–Kier alpha value is -1.91. The van der Waals surface area contributed by atoms with Crippen LogP contribution in [-0.4, -0.2) is 38.6 Å². The molecule has 0 heterocycles. The maximum absolute atomic E-state index is 12.2. The van der Waals surface area contributed by atoms with Crippen LogP contribution in [0.5, 0.6) is 11.5 Å². The van der Waals surface area contributed by atoms with Gasteiger partial charge < -0.3 is 20.1 Å². The Balaban J connectivity index is 3.18. The van der Waals surface area contributed by atoms with Crippen molar-refractivity contribution in [3.63, 3.8) is 0 Å². The predicted molar refractivity (Wildman–Crippen MR) is 71.2 cm³/mol. The van der Waals surface area contributed by atoms with E-state index in [4.69, 9.17) is 15.2 Å². The minimum Gasteiger partial charge on any atom is -0.497 e. The molecular weight excluding hydrogens is 232 g/mol. The van der Waals surface area contributed by atoms with Crippen LogP contribution in [0.4, 0.5) is 5.69 Å². The number of anilines is 1. The number of ether oxygens (including phenoxy) is 2. The Bertz CT molecular complexity index is 432. The molecule has 1 aromatic rings.